The molecule has 82 valence electrons. The summed E-state index contributed by atoms with van der Waals surface area (Å²) in [5, 5.41) is 0. The Morgan fingerprint density at radius 2 is 1.56 bits per heavy atom. The molecule has 0 radical (unpaired) electrons. The zero-order chi connectivity index (χ0) is 11.4. The van der Waals surface area contributed by atoms with Gasteiger partial charge in [-0.25, -0.2) is 4.39 Å². The summed E-state index contributed by atoms with van der Waals surface area (Å²) in [4.78, 5) is 1.26. The van der Waals surface area contributed by atoms with Crippen LogP contribution in [0.15, 0.2) is 54.6 Å². The normalized spacial score (nSPS) is 12.4. The van der Waals surface area contributed by atoms with Crippen LogP contribution in [0.2, 0.25) is 0 Å². The van der Waals surface area contributed by atoms with Gasteiger partial charge in [0.2, 0.25) is 0 Å². The first-order valence-electron chi connectivity index (χ1n) is 5.38. The van der Waals surface area contributed by atoms with Crippen molar-refractivity contribution in [3.8, 4) is 0 Å². The second kappa shape index (κ2) is 4.90. The molecule has 0 spiro atoms. The van der Waals surface area contributed by atoms with Gasteiger partial charge < -0.3 is 4.90 Å². The zero-order valence-corrected chi connectivity index (χ0v) is 9.28. The maximum Gasteiger partial charge on any atom is 0.131 e. The molecule has 2 aromatic carbocycles. The van der Waals surface area contributed by atoms with Gasteiger partial charge in [-0.1, -0.05) is 30.3 Å². The summed E-state index contributed by atoms with van der Waals surface area (Å²) < 4.78 is 12.8. The van der Waals surface area contributed by atoms with Crippen molar-refractivity contribution < 1.29 is 9.29 Å². The molecule has 0 bridgehead atoms. The summed E-state index contributed by atoms with van der Waals surface area (Å²) in [6.07, 6.45) is 0. The van der Waals surface area contributed by atoms with Crippen LogP contribution in [0, 0.1) is 5.82 Å². The van der Waals surface area contributed by atoms with Crippen LogP contribution >= 0.6 is 0 Å². The maximum absolute atomic E-state index is 12.8. The summed E-state index contributed by atoms with van der Waals surface area (Å²) in [7, 11) is 2.08. The lowest BCUT2D eigenvalue weighted by molar-refractivity contribution is -0.825. The predicted molar refractivity (Wildman–Crippen MR) is 63.1 cm³/mol. The third-order valence-electron chi connectivity index (χ3n) is 2.65. The Bertz CT molecular complexity index is 436. The highest BCUT2D eigenvalue weighted by Crippen LogP contribution is 2.04. The summed E-state index contributed by atoms with van der Waals surface area (Å²) in [5.41, 5.74) is 2.38. The Morgan fingerprint density at radius 1 is 0.938 bits per heavy atom. The molecule has 16 heavy (non-hydrogen) atoms. The Kier molecular flexibility index (Phi) is 3.32. The fourth-order valence-electron chi connectivity index (χ4n) is 1.74. The van der Waals surface area contributed by atoms with Crippen molar-refractivity contribution in [2.24, 2.45) is 0 Å². The third-order valence-corrected chi connectivity index (χ3v) is 2.65. The van der Waals surface area contributed by atoms with E-state index < -0.39 is 0 Å². The van der Waals surface area contributed by atoms with E-state index in [-0.39, 0.29) is 5.82 Å². The number of halogens is 1. The van der Waals surface area contributed by atoms with Crippen molar-refractivity contribution in [2.75, 3.05) is 7.05 Å². The molecule has 0 saturated carbocycles. The van der Waals surface area contributed by atoms with Gasteiger partial charge in [0, 0.05) is 17.7 Å². The van der Waals surface area contributed by atoms with E-state index in [4.69, 9.17) is 0 Å². The number of nitrogens with one attached hydrogen (secondary N) is 1. The Hall–Kier alpha value is -1.67. The van der Waals surface area contributed by atoms with Crippen LogP contribution < -0.4 is 4.90 Å². The Labute approximate surface area is 95.1 Å². The summed E-state index contributed by atoms with van der Waals surface area (Å²) in [6.45, 7) is 0.909. The minimum Gasteiger partial charge on any atom is -0.301 e. The molecule has 0 heterocycles. The van der Waals surface area contributed by atoms with Crippen molar-refractivity contribution in [1.82, 2.24) is 0 Å². The SMILES string of the molecule is C[NH+](Cc1ccccc1)c1ccc(F)cc1. The van der Waals surface area contributed by atoms with Crippen molar-refractivity contribution >= 4 is 5.69 Å². The van der Waals surface area contributed by atoms with Crippen molar-refractivity contribution in [1.29, 1.82) is 0 Å². The topological polar surface area (TPSA) is 4.44 Å². The fraction of sp³-hybridized carbons (Fsp3) is 0.143. The number of benzene rings is 2. The molecule has 1 nitrogen and oxygen atoms in total. The predicted octanol–water partition coefficient (Wildman–Crippen LogP) is 2.17. The average molecular weight is 216 g/mol. The number of hydrogen-bond donors (Lipinski definition) is 1. The van der Waals surface area contributed by atoms with E-state index in [1.807, 2.05) is 30.3 Å². The molecule has 0 aliphatic carbocycles. The standard InChI is InChI=1S/C14H14FN/c1-16(11-12-5-3-2-4-6-12)14-9-7-13(15)8-10-14/h2-10H,11H2,1H3/p+1. The lowest BCUT2D eigenvalue weighted by atomic mass is 10.2. The molecular formula is C14H15FN+. The molecule has 1 unspecified atom stereocenters. The summed E-state index contributed by atoms with van der Waals surface area (Å²) in [5.74, 6) is -0.184. The van der Waals surface area contributed by atoms with Crippen LogP contribution in [0.25, 0.3) is 0 Å². The van der Waals surface area contributed by atoms with E-state index in [1.165, 1.54) is 22.6 Å². The second-order valence-corrected chi connectivity index (χ2v) is 3.95. The van der Waals surface area contributed by atoms with Crippen LogP contribution in [0.4, 0.5) is 10.1 Å². The first-order valence-corrected chi connectivity index (χ1v) is 5.38. The summed E-state index contributed by atoms with van der Waals surface area (Å²) >= 11 is 0. The quantitative estimate of drug-likeness (QED) is 0.802. The average Bonchev–Trinajstić information content (AvgIpc) is 2.31. The first-order chi connectivity index (χ1) is 7.75. The van der Waals surface area contributed by atoms with Gasteiger partial charge in [-0.2, -0.15) is 0 Å². The molecule has 0 saturated heterocycles. The molecular weight excluding hydrogens is 201 g/mol. The largest absolute Gasteiger partial charge is 0.301 e. The van der Waals surface area contributed by atoms with Gasteiger partial charge in [-0.3, -0.25) is 0 Å². The van der Waals surface area contributed by atoms with E-state index in [9.17, 15) is 4.39 Å². The van der Waals surface area contributed by atoms with E-state index in [0.717, 1.165) is 12.2 Å². The van der Waals surface area contributed by atoms with Crippen LogP contribution in [0.5, 0.6) is 0 Å². The molecule has 0 fully saturated rings. The van der Waals surface area contributed by atoms with Gasteiger partial charge in [0.25, 0.3) is 0 Å². The second-order valence-electron chi connectivity index (χ2n) is 3.95. The molecule has 0 aliphatic heterocycles. The third kappa shape index (κ3) is 2.67. The molecule has 0 amide bonds. The number of hydrogen-bond acceptors (Lipinski definition) is 0. The van der Waals surface area contributed by atoms with Gasteiger partial charge in [-0.15, -0.1) is 0 Å². The molecule has 2 rings (SSSR count). The van der Waals surface area contributed by atoms with Crippen LogP contribution in [-0.2, 0) is 6.54 Å². The number of quaternary nitrogens is 1. The summed E-state index contributed by atoms with van der Waals surface area (Å²) in [6, 6.07) is 17.0. The molecule has 0 aromatic heterocycles. The monoisotopic (exact) mass is 216 g/mol. The molecule has 1 atom stereocenters. The minimum atomic E-state index is -0.184. The van der Waals surface area contributed by atoms with Gasteiger partial charge in [0.1, 0.15) is 18.0 Å². The van der Waals surface area contributed by atoms with Crippen LogP contribution in [0.3, 0.4) is 0 Å². The maximum atomic E-state index is 12.8. The molecule has 2 heteroatoms. The highest BCUT2D eigenvalue weighted by molar-refractivity contribution is 5.29. The van der Waals surface area contributed by atoms with E-state index in [2.05, 4.69) is 19.2 Å². The zero-order valence-electron chi connectivity index (χ0n) is 9.28. The smallest absolute Gasteiger partial charge is 0.131 e. The van der Waals surface area contributed by atoms with Gasteiger partial charge in [0.15, 0.2) is 0 Å². The molecule has 1 N–H and O–H groups in total. The minimum absolute atomic E-state index is 0.184. The number of rotatable bonds is 3. The van der Waals surface area contributed by atoms with Crippen molar-refractivity contribution in [3.63, 3.8) is 0 Å². The van der Waals surface area contributed by atoms with Crippen LogP contribution in [-0.4, -0.2) is 7.05 Å². The van der Waals surface area contributed by atoms with Crippen LogP contribution in [0.1, 0.15) is 5.56 Å². The Morgan fingerprint density at radius 3 is 2.19 bits per heavy atom. The Balaban J connectivity index is 2.09. The highest BCUT2D eigenvalue weighted by atomic mass is 19.1. The van der Waals surface area contributed by atoms with E-state index >= 15 is 0 Å². The van der Waals surface area contributed by atoms with Crippen molar-refractivity contribution in [3.05, 3.63) is 66.0 Å². The lowest BCUT2D eigenvalue weighted by Crippen LogP contribution is -3.02. The first kappa shape index (κ1) is 10.8. The fourth-order valence-corrected chi connectivity index (χ4v) is 1.74. The van der Waals surface area contributed by atoms with Gasteiger partial charge >= 0.3 is 0 Å². The van der Waals surface area contributed by atoms with E-state index in [1.54, 1.807) is 0 Å². The van der Waals surface area contributed by atoms with E-state index in [0.29, 0.717) is 0 Å². The molecule has 0 aliphatic rings. The van der Waals surface area contributed by atoms with Gasteiger partial charge in [-0.05, 0) is 12.1 Å². The molecule has 2 aromatic rings. The lowest BCUT2D eigenvalue weighted by Gasteiger charge is -2.13. The van der Waals surface area contributed by atoms with Crippen molar-refractivity contribution in [2.45, 2.75) is 6.54 Å². The van der Waals surface area contributed by atoms with Gasteiger partial charge in [0.05, 0.1) is 7.05 Å². The highest BCUT2D eigenvalue weighted by Gasteiger charge is 2.06.